The number of hydrogen-bond acceptors (Lipinski definition) is 2. The first-order valence-corrected chi connectivity index (χ1v) is 5.61. The van der Waals surface area contributed by atoms with Crippen LogP contribution in [0.15, 0.2) is 30.3 Å². The molecule has 16 heavy (non-hydrogen) atoms. The summed E-state index contributed by atoms with van der Waals surface area (Å²) in [7, 11) is 1.84. The largest absolute Gasteiger partial charge is 0.481 e. The first-order valence-electron chi connectivity index (χ1n) is 5.61. The Morgan fingerprint density at radius 3 is 2.44 bits per heavy atom. The normalized spacial score (nSPS) is 14.4. The highest BCUT2D eigenvalue weighted by Crippen LogP contribution is 2.31. The lowest BCUT2D eigenvalue weighted by atomic mass is 9.75. The minimum atomic E-state index is -0.760. The number of hydrogen-bond donors (Lipinski definition) is 2. The zero-order chi connectivity index (χ0) is 12.0. The van der Waals surface area contributed by atoms with Gasteiger partial charge in [0.1, 0.15) is 0 Å². The topological polar surface area (TPSA) is 49.3 Å². The van der Waals surface area contributed by atoms with Crippen molar-refractivity contribution >= 4 is 5.97 Å². The van der Waals surface area contributed by atoms with Crippen molar-refractivity contribution in [1.29, 1.82) is 0 Å². The fourth-order valence-electron chi connectivity index (χ4n) is 2.00. The molecular weight excluding hydrogens is 202 g/mol. The Morgan fingerprint density at radius 1 is 1.38 bits per heavy atom. The van der Waals surface area contributed by atoms with Crippen molar-refractivity contribution in [2.24, 2.45) is 0 Å². The van der Waals surface area contributed by atoms with Gasteiger partial charge in [-0.1, -0.05) is 37.3 Å². The lowest BCUT2D eigenvalue weighted by Crippen LogP contribution is -2.37. The number of carbonyl (C=O) groups is 1. The highest BCUT2D eigenvalue weighted by molar-refractivity contribution is 5.81. The molecule has 0 saturated carbocycles. The third kappa shape index (κ3) is 2.42. The Labute approximate surface area is 96.5 Å². The van der Waals surface area contributed by atoms with Gasteiger partial charge in [-0.25, -0.2) is 0 Å². The summed E-state index contributed by atoms with van der Waals surface area (Å²) >= 11 is 0. The van der Waals surface area contributed by atoms with Crippen LogP contribution in [0.1, 0.15) is 25.3 Å². The molecule has 0 aromatic heterocycles. The molecule has 0 saturated heterocycles. The van der Waals surface area contributed by atoms with Gasteiger partial charge in [-0.15, -0.1) is 0 Å². The lowest BCUT2D eigenvalue weighted by molar-refractivity contribution is -0.144. The molecule has 1 atom stereocenters. The van der Waals surface area contributed by atoms with Crippen LogP contribution in [-0.4, -0.2) is 24.7 Å². The van der Waals surface area contributed by atoms with Gasteiger partial charge < -0.3 is 10.4 Å². The molecule has 1 unspecified atom stereocenters. The average Bonchev–Trinajstić information content (AvgIpc) is 2.31. The van der Waals surface area contributed by atoms with Gasteiger partial charge in [0.2, 0.25) is 0 Å². The van der Waals surface area contributed by atoms with Crippen molar-refractivity contribution in [2.75, 3.05) is 13.6 Å². The van der Waals surface area contributed by atoms with Crippen molar-refractivity contribution in [3.63, 3.8) is 0 Å². The SMILES string of the molecule is CCC(CCNC)(C(=O)O)c1ccccc1. The van der Waals surface area contributed by atoms with Crippen LogP contribution in [0.3, 0.4) is 0 Å². The highest BCUT2D eigenvalue weighted by Gasteiger charge is 2.37. The van der Waals surface area contributed by atoms with E-state index >= 15 is 0 Å². The Morgan fingerprint density at radius 2 is 2.00 bits per heavy atom. The van der Waals surface area contributed by atoms with E-state index in [4.69, 9.17) is 0 Å². The molecule has 88 valence electrons. The Kier molecular flexibility index (Phi) is 4.50. The van der Waals surface area contributed by atoms with E-state index in [-0.39, 0.29) is 0 Å². The summed E-state index contributed by atoms with van der Waals surface area (Å²) in [6, 6.07) is 9.48. The van der Waals surface area contributed by atoms with Crippen LogP contribution in [0.2, 0.25) is 0 Å². The Balaban J connectivity index is 3.07. The first-order chi connectivity index (χ1) is 7.67. The predicted octanol–water partition coefficient (Wildman–Crippen LogP) is 2.03. The summed E-state index contributed by atoms with van der Waals surface area (Å²) in [5.74, 6) is -0.739. The van der Waals surface area contributed by atoms with Crippen LogP contribution in [-0.2, 0) is 10.2 Å². The van der Waals surface area contributed by atoms with Gasteiger partial charge in [-0.2, -0.15) is 0 Å². The molecule has 0 spiro atoms. The van der Waals surface area contributed by atoms with Crippen LogP contribution in [0.5, 0.6) is 0 Å². The number of nitrogens with one attached hydrogen (secondary N) is 1. The maximum atomic E-state index is 11.5. The second-order valence-electron chi connectivity index (χ2n) is 3.96. The molecule has 0 aliphatic heterocycles. The average molecular weight is 221 g/mol. The van der Waals surface area contributed by atoms with E-state index in [1.165, 1.54) is 0 Å². The van der Waals surface area contributed by atoms with E-state index in [1.807, 2.05) is 44.3 Å². The van der Waals surface area contributed by atoms with Crippen LogP contribution >= 0.6 is 0 Å². The zero-order valence-electron chi connectivity index (χ0n) is 9.86. The van der Waals surface area contributed by atoms with Gasteiger partial charge in [0, 0.05) is 0 Å². The molecule has 2 N–H and O–H groups in total. The van der Waals surface area contributed by atoms with Gasteiger partial charge >= 0.3 is 5.97 Å². The number of benzene rings is 1. The van der Waals surface area contributed by atoms with Crippen LogP contribution in [0.25, 0.3) is 0 Å². The number of carboxylic acid groups (broad SMARTS) is 1. The molecule has 0 bridgehead atoms. The van der Waals surface area contributed by atoms with Gasteiger partial charge in [-0.3, -0.25) is 4.79 Å². The molecule has 0 radical (unpaired) electrons. The number of aliphatic carboxylic acids is 1. The molecule has 0 amide bonds. The molecule has 0 aliphatic carbocycles. The quantitative estimate of drug-likeness (QED) is 0.772. The maximum Gasteiger partial charge on any atom is 0.314 e. The zero-order valence-corrected chi connectivity index (χ0v) is 9.86. The summed E-state index contributed by atoms with van der Waals surface area (Å²) in [5.41, 5.74) is 0.129. The fraction of sp³-hybridized carbons (Fsp3) is 0.462. The third-order valence-corrected chi connectivity index (χ3v) is 3.14. The van der Waals surface area contributed by atoms with Crippen molar-refractivity contribution in [1.82, 2.24) is 5.32 Å². The maximum absolute atomic E-state index is 11.5. The molecule has 1 rings (SSSR count). The summed E-state index contributed by atoms with van der Waals surface area (Å²) in [4.78, 5) is 11.5. The summed E-state index contributed by atoms with van der Waals surface area (Å²) in [6.07, 6.45) is 1.22. The van der Waals surface area contributed by atoms with Crippen molar-refractivity contribution < 1.29 is 9.90 Å². The minimum Gasteiger partial charge on any atom is -0.481 e. The molecule has 0 heterocycles. The fourth-order valence-corrected chi connectivity index (χ4v) is 2.00. The molecule has 1 aromatic rings. The molecular formula is C13H19NO2. The van der Waals surface area contributed by atoms with E-state index in [0.717, 1.165) is 5.56 Å². The number of carboxylic acids is 1. The van der Waals surface area contributed by atoms with E-state index in [2.05, 4.69) is 5.32 Å². The summed E-state index contributed by atoms with van der Waals surface area (Å²) in [5, 5.41) is 12.5. The molecule has 1 aromatic carbocycles. The van der Waals surface area contributed by atoms with Gasteiger partial charge in [0.05, 0.1) is 5.41 Å². The van der Waals surface area contributed by atoms with Crippen LogP contribution in [0.4, 0.5) is 0 Å². The number of rotatable bonds is 6. The van der Waals surface area contributed by atoms with E-state index in [1.54, 1.807) is 0 Å². The third-order valence-electron chi connectivity index (χ3n) is 3.14. The molecule has 0 fully saturated rings. The Hall–Kier alpha value is -1.35. The predicted molar refractivity (Wildman–Crippen MR) is 64.6 cm³/mol. The van der Waals surface area contributed by atoms with E-state index in [9.17, 15) is 9.90 Å². The summed E-state index contributed by atoms with van der Waals surface area (Å²) in [6.45, 7) is 2.63. The van der Waals surface area contributed by atoms with Crippen molar-refractivity contribution in [3.8, 4) is 0 Å². The van der Waals surface area contributed by atoms with Gasteiger partial charge in [0.25, 0.3) is 0 Å². The van der Waals surface area contributed by atoms with Crippen LogP contribution in [0, 0.1) is 0 Å². The van der Waals surface area contributed by atoms with Gasteiger partial charge in [0.15, 0.2) is 0 Å². The lowest BCUT2D eigenvalue weighted by Gasteiger charge is -2.28. The van der Waals surface area contributed by atoms with Crippen molar-refractivity contribution in [3.05, 3.63) is 35.9 Å². The Bertz CT molecular complexity index is 337. The van der Waals surface area contributed by atoms with Gasteiger partial charge in [-0.05, 0) is 32.0 Å². The standard InChI is InChI=1S/C13H19NO2/c1-3-13(12(15)16,9-10-14-2)11-7-5-4-6-8-11/h4-8,14H,3,9-10H2,1-2H3,(H,15,16). The first kappa shape index (κ1) is 12.7. The molecule has 3 nitrogen and oxygen atoms in total. The summed E-state index contributed by atoms with van der Waals surface area (Å²) < 4.78 is 0. The molecule has 0 aliphatic rings. The monoisotopic (exact) mass is 221 g/mol. The second kappa shape index (κ2) is 5.66. The van der Waals surface area contributed by atoms with E-state index < -0.39 is 11.4 Å². The highest BCUT2D eigenvalue weighted by atomic mass is 16.4. The smallest absolute Gasteiger partial charge is 0.314 e. The molecule has 3 heteroatoms. The second-order valence-corrected chi connectivity index (χ2v) is 3.96. The van der Waals surface area contributed by atoms with Crippen molar-refractivity contribution in [2.45, 2.75) is 25.2 Å². The van der Waals surface area contributed by atoms with E-state index in [0.29, 0.717) is 19.4 Å². The van der Waals surface area contributed by atoms with Crippen LogP contribution < -0.4 is 5.32 Å². The minimum absolute atomic E-state index is 0.605.